The highest BCUT2D eigenvalue weighted by Gasteiger charge is 2.30. The zero-order valence-electron chi connectivity index (χ0n) is 13.1. The van der Waals surface area contributed by atoms with E-state index in [1.807, 2.05) is 32.4 Å². The van der Waals surface area contributed by atoms with Crippen molar-refractivity contribution in [2.75, 3.05) is 13.1 Å². The summed E-state index contributed by atoms with van der Waals surface area (Å²) in [5.41, 5.74) is 1.20. The molecule has 116 valence electrons. The summed E-state index contributed by atoms with van der Waals surface area (Å²) in [7, 11) is 0. The molecule has 1 unspecified atom stereocenters. The van der Waals surface area contributed by atoms with Gasteiger partial charge in [-0.1, -0.05) is 0 Å². The highest BCUT2D eigenvalue weighted by Crippen LogP contribution is 2.22. The Balaban J connectivity index is 2.21. The van der Waals surface area contributed by atoms with Crippen LogP contribution in [0.25, 0.3) is 0 Å². The number of hydrogen-bond donors (Lipinski definition) is 1. The third kappa shape index (κ3) is 3.09. The Morgan fingerprint density at radius 2 is 2.05 bits per heavy atom. The number of piperidine rings is 1. The minimum Gasteiger partial charge on any atom is -0.481 e. The molecule has 1 aromatic rings. The monoisotopic (exact) mass is 293 g/mol. The van der Waals surface area contributed by atoms with Crippen LogP contribution >= 0.6 is 0 Å². The van der Waals surface area contributed by atoms with Crippen LogP contribution in [0.4, 0.5) is 0 Å². The molecular formula is C15H23N3O3. The van der Waals surface area contributed by atoms with Crippen molar-refractivity contribution in [2.45, 2.75) is 46.1 Å². The lowest BCUT2D eigenvalue weighted by molar-refractivity contribution is -0.143. The first-order chi connectivity index (χ1) is 9.71. The van der Waals surface area contributed by atoms with Gasteiger partial charge in [-0.3, -0.25) is 14.3 Å². The number of carboxylic acid groups (broad SMARTS) is 1. The molecule has 1 aromatic heterocycles. The van der Waals surface area contributed by atoms with Crippen molar-refractivity contribution in [3.8, 4) is 0 Å². The highest BCUT2D eigenvalue weighted by molar-refractivity contribution is 5.95. The van der Waals surface area contributed by atoms with Gasteiger partial charge in [0.1, 0.15) is 0 Å². The molecule has 1 fully saturated rings. The molecule has 0 radical (unpaired) electrons. The highest BCUT2D eigenvalue weighted by atomic mass is 16.4. The van der Waals surface area contributed by atoms with Gasteiger partial charge in [0.2, 0.25) is 0 Å². The average Bonchev–Trinajstić information content (AvgIpc) is 2.79. The van der Waals surface area contributed by atoms with Crippen LogP contribution in [0.5, 0.6) is 0 Å². The summed E-state index contributed by atoms with van der Waals surface area (Å²) < 4.78 is 1.83. The molecule has 2 rings (SSSR count). The Morgan fingerprint density at radius 3 is 2.57 bits per heavy atom. The van der Waals surface area contributed by atoms with Crippen molar-refractivity contribution >= 4 is 11.9 Å². The van der Waals surface area contributed by atoms with E-state index in [9.17, 15) is 9.59 Å². The summed E-state index contributed by atoms with van der Waals surface area (Å²) >= 11 is 0. The number of likely N-dealkylation sites (tertiary alicyclic amines) is 1. The topological polar surface area (TPSA) is 75.4 Å². The van der Waals surface area contributed by atoms with E-state index in [2.05, 4.69) is 5.10 Å². The first-order valence-electron chi connectivity index (χ1n) is 7.29. The van der Waals surface area contributed by atoms with Crippen LogP contribution in [-0.4, -0.2) is 44.8 Å². The molecule has 1 aliphatic heterocycles. The summed E-state index contributed by atoms with van der Waals surface area (Å²) in [6, 6.07) is 0. The van der Waals surface area contributed by atoms with Gasteiger partial charge in [0, 0.05) is 18.8 Å². The fourth-order valence-corrected chi connectivity index (χ4v) is 2.83. The number of nitrogens with zero attached hydrogens (tertiary/aromatic N) is 3. The molecule has 0 aromatic carbocycles. The van der Waals surface area contributed by atoms with Gasteiger partial charge in [-0.2, -0.15) is 5.10 Å². The largest absolute Gasteiger partial charge is 0.481 e. The quantitative estimate of drug-likeness (QED) is 0.903. The molecule has 1 N–H and O–H groups in total. The Bertz CT molecular complexity index is 557. The van der Waals surface area contributed by atoms with Crippen molar-refractivity contribution in [3.05, 3.63) is 17.5 Å². The predicted molar refractivity (Wildman–Crippen MR) is 78.2 cm³/mol. The van der Waals surface area contributed by atoms with Gasteiger partial charge in [-0.15, -0.1) is 0 Å². The Morgan fingerprint density at radius 1 is 1.38 bits per heavy atom. The van der Waals surface area contributed by atoms with Crippen LogP contribution in [0.1, 0.15) is 49.7 Å². The van der Waals surface area contributed by atoms with E-state index in [-0.39, 0.29) is 18.0 Å². The normalized spacial score (nSPS) is 19.6. The molecule has 0 spiro atoms. The lowest BCUT2D eigenvalue weighted by atomic mass is 9.97. The Hall–Kier alpha value is -1.85. The molecule has 0 aliphatic carbocycles. The summed E-state index contributed by atoms with van der Waals surface area (Å²) in [4.78, 5) is 25.4. The SMILES string of the molecule is Cc1c(C(=O)N2CCCC(C(=O)O)C2)cnn1C(C)(C)C. The van der Waals surface area contributed by atoms with Crippen LogP contribution < -0.4 is 0 Å². The van der Waals surface area contributed by atoms with E-state index in [4.69, 9.17) is 5.11 Å². The van der Waals surface area contributed by atoms with Gasteiger partial charge in [0.05, 0.1) is 23.2 Å². The summed E-state index contributed by atoms with van der Waals surface area (Å²) in [5, 5.41) is 13.4. The van der Waals surface area contributed by atoms with E-state index in [1.165, 1.54) is 0 Å². The van der Waals surface area contributed by atoms with E-state index in [0.717, 1.165) is 12.1 Å². The van der Waals surface area contributed by atoms with Crippen molar-refractivity contribution in [1.29, 1.82) is 0 Å². The van der Waals surface area contributed by atoms with Crippen molar-refractivity contribution < 1.29 is 14.7 Å². The number of hydrogen-bond acceptors (Lipinski definition) is 3. The number of carbonyl (C=O) groups excluding carboxylic acids is 1. The van der Waals surface area contributed by atoms with Gasteiger partial charge in [0.15, 0.2) is 0 Å². The number of amides is 1. The Kier molecular flexibility index (Phi) is 4.07. The van der Waals surface area contributed by atoms with E-state index in [0.29, 0.717) is 18.5 Å². The van der Waals surface area contributed by atoms with Crippen molar-refractivity contribution in [1.82, 2.24) is 14.7 Å². The smallest absolute Gasteiger partial charge is 0.308 e. The van der Waals surface area contributed by atoms with E-state index < -0.39 is 11.9 Å². The van der Waals surface area contributed by atoms with Gasteiger partial charge < -0.3 is 10.0 Å². The molecule has 0 bridgehead atoms. The second-order valence-corrected chi connectivity index (χ2v) is 6.65. The zero-order valence-corrected chi connectivity index (χ0v) is 13.1. The molecule has 6 heteroatoms. The van der Waals surface area contributed by atoms with Gasteiger partial charge in [-0.05, 0) is 40.5 Å². The maximum Gasteiger partial charge on any atom is 0.308 e. The predicted octanol–water partition coefficient (Wildman–Crippen LogP) is 1.88. The second kappa shape index (κ2) is 5.50. The van der Waals surface area contributed by atoms with Crippen LogP contribution in [0, 0.1) is 12.8 Å². The standard InChI is InChI=1S/C15H23N3O3/c1-10-12(8-16-18(10)15(2,3)4)13(19)17-7-5-6-11(9-17)14(20)21/h8,11H,5-7,9H2,1-4H3,(H,20,21). The van der Waals surface area contributed by atoms with E-state index >= 15 is 0 Å². The summed E-state index contributed by atoms with van der Waals surface area (Å²) in [6.45, 7) is 8.87. The molecular weight excluding hydrogens is 270 g/mol. The minimum absolute atomic E-state index is 0.117. The number of aliphatic carboxylic acids is 1. The van der Waals surface area contributed by atoms with Crippen molar-refractivity contribution in [2.24, 2.45) is 5.92 Å². The zero-order chi connectivity index (χ0) is 15.8. The lowest BCUT2D eigenvalue weighted by Gasteiger charge is -2.30. The fourth-order valence-electron chi connectivity index (χ4n) is 2.83. The number of rotatable bonds is 2. The van der Waals surface area contributed by atoms with E-state index in [1.54, 1.807) is 11.1 Å². The van der Waals surface area contributed by atoms with Crippen LogP contribution in [-0.2, 0) is 10.3 Å². The molecule has 1 amide bonds. The summed E-state index contributed by atoms with van der Waals surface area (Å²) in [6.07, 6.45) is 2.96. The molecule has 2 heterocycles. The van der Waals surface area contributed by atoms with Gasteiger partial charge in [0.25, 0.3) is 5.91 Å². The fraction of sp³-hybridized carbons (Fsp3) is 0.667. The second-order valence-electron chi connectivity index (χ2n) is 6.65. The molecule has 0 saturated carbocycles. The first-order valence-corrected chi connectivity index (χ1v) is 7.29. The summed E-state index contributed by atoms with van der Waals surface area (Å²) in [5.74, 6) is -1.40. The minimum atomic E-state index is -0.824. The first kappa shape index (κ1) is 15.5. The van der Waals surface area contributed by atoms with Crippen LogP contribution in [0.2, 0.25) is 0 Å². The molecule has 1 aliphatic rings. The molecule has 1 saturated heterocycles. The van der Waals surface area contributed by atoms with Crippen LogP contribution in [0.15, 0.2) is 6.20 Å². The Labute approximate surface area is 124 Å². The molecule has 6 nitrogen and oxygen atoms in total. The third-order valence-electron chi connectivity index (χ3n) is 3.93. The van der Waals surface area contributed by atoms with Crippen LogP contribution in [0.3, 0.4) is 0 Å². The number of carboxylic acids is 1. The maximum absolute atomic E-state index is 12.6. The van der Waals surface area contributed by atoms with Gasteiger partial charge in [-0.25, -0.2) is 0 Å². The average molecular weight is 293 g/mol. The number of carbonyl (C=O) groups is 2. The molecule has 1 atom stereocenters. The van der Waals surface area contributed by atoms with Gasteiger partial charge >= 0.3 is 5.97 Å². The third-order valence-corrected chi connectivity index (χ3v) is 3.93. The van der Waals surface area contributed by atoms with Crippen molar-refractivity contribution in [3.63, 3.8) is 0 Å². The lowest BCUT2D eigenvalue weighted by Crippen LogP contribution is -2.42. The molecule has 21 heavy (non-hydrogen) atoms. The number of aromatic nitrogens is 2. The maximum atomic E-state index is 12.6.